The number of likely N-dealkylation sites (tertiary alicyclic amines) is 1. The smallest absolute Gasteiger partial charge is 0.217 e. The van der Waals surface area contributed by atoms with Gasteiger partial charge in [-0.2, -0.15) is 0 Å². The first-order valence-electron chi connectivity index (χ1n) is 8.92. The summed E-state index contributed by atoms with van der Waals surface area (Å²) in [4.78, 5) is 22.1. The highest BCUT2D eigenvalue weighted by atomic mass is 32.1. The van der Waals surface area contributed by atoms with E-state index in [1.165, 1.54) is 11.3 Å². The molecule has 3 heterocycles. The van der Waals surface area contributed by atoms with Gasteiger partial charge in [0.05, 0.1) is 13.2 Å². The number of rotatable bonds is 6. The number of hydrogen-bond acceptors (Lipinski definition) is 6. The molecule has 3 rings (SSSR count). The van der Waals surface area contributed by atoms with Gasteiger partial charge >= 0.3 is 0 Å². The minimum Gasteiger partial charge on any atom is -0.378 e. The molecular formula is C17H28N4O2S. The molecule has 0 aromatic carbocycles. The van der Waals surface area contributed by atoms with Gasteiger partial charge in [-0.25, -0.2) is 4.98 Å². The number of hydrogen-bond donors (Lipinski definition) is 1. The lowest BCUT2D eigenvalue weighted by atomic mass is 9.98. The minimum atomic E-state index is 0.0790. The Hall–Kier alpha value is -1.18. The lowest BCUT2D eigenvalue weighted by Gasteiger charge is -2.26. The standard InChI is InChI=1S/C17H28N4O2S/c1-3-4-14-10-20(12-16(14)19-13(2)22)11-15-9-18-17(24-15)21-5-7-23-8-6-21/h9,14,16H,3-8,10-12H2,1-2H3,(H,19,22)/t14-,16-/m1/s1. The molecule has 0 aliphatic carbocycles. The maximum atomic E-state index is 11.4. The number of amides is 1. The summed E-state index contributed by atoms with van der Waals surface area (Å²) in [6.45, 7) is 10.2. The fourth-order valence-electron chi connectivity index (χ4n) is 3.67. The lowest BCUT2D eigenvalue weighted by molar-refractivity contribution is -0.119. The summed E-state index contributed by atoms with van der Waals surface area (Å²) < 4.78 is 5.41. The number of carbonyl (C=O) groups is 1. The largest absolute Gasteiger partial charge is 0.378 e. The number of carbonyl (C=O) groups excluding carboxylic acids is 1. The molecule has 24 heavy (non-hydrogen) atoms. The highest BCUT2D eigenvalue weighted by Crippen LogP contribution is 2.28. The summed E-state index contributed by atoms with van der Waals surface area (Å²) in [6.07, 6.45) is 4.34. The quantitative estimate of drug-likeness (QED) is 0.845. The fourth-order valence-corrected chi connectivity index (χ4v) is 4.67. The van der Waals surface area contributed by atoms with E-state index in [4.69, 9.17) is 4.74 Å². The van der Waals surface area contributed by atoms with E-state index in [0.717, 1.165) is 57.5 Å². The van der Waals surface area contributed by atoms with E-state index in [1.807, 2.05) is 6.20 Å². The molecule has 1 aromatic heterocycles. The summed E-state index contributed by atoms with van der Waals surface area (Å²) in [6, 6.07) is 0.286. The van der Waals surface area contributed by atoms with Crippen molar-refractivity contribution in [2.45, 2.75) is 39.3 Å². The zero-order valence-corrected chi connectivity index (χ0v) is 15.5. The van der Waals surface area contributed by atoms with Crippen LogP contribution in [0.15, 0.2) is 6.20 Å². The van der Waals surface area contributed by atoms with Crippen LogP contribution < -0.4 is 10.2 Å². The zero-order chi connectivity index (χ0) is 16.9. The topological polar surface area (TPSA) is 57.7 Å². The van der Waals surface area contributed by atoms with Crippen LogP contribution in [0.2, 0.25) is 0 Å². The van der Waals surface area contributed by atoms with Crippen molar-refractivity contribution in [3.8, 4) is 0 Å². The molecule has 2 aliphatic rings. The maximum Gasteiger partial charge on any atom is 0.217 e. The number of thiazole rings is 1. The Morgan fingerprint density at radius 2 is 2.21 bits per heavy atom. The first-order chi connectivity index (χ1) is 11.7. The molecule has 0 bridgehead atoms. The first-order valence-corrected chi connectivity index (χ1v) is 9.74. The Bertz CT molecular complexity index is 544. The lowest BCUT2D eigenvalue weighted by Crippen LogP contribution is -2.39. The highest BCUT2D eigenvalue weighted by molar-refractivity contribution is 7.15. The van der Waals surface area contributed by atoms with Crippen LogP contribution in [0.3, 0.4) is 0 Å². The predicted molar refractivity (Wildman–Crippen MR) is 96.4 cm³/mol. The normalized spacial score (nSPS) is 25.2. The second kappa shape index (κ2) is 8.27. The highest BCUT2D eigenvalue weighted by Gasteiger charge is 2.32. The zero-order valence-electron chi connectivity index (χ0n) is 14.7. The van der Waals surface area contributed by atoms with Crippen LogP contribution in [-0.2, 0) is 16.1 Å². The van der Waals surface area contributed by atoms with Gasteiger partial charge in [-0.15, -0.1) is 11.3 Å². The molecule has 2 saturated heterocycles. The SMILES string of the molecule is CCC[C@@H]1CN(Cc2cnc(N3CCOCC3)s2)C[C@H]1NC(C)=O. The summed E-state index contributed by atoms with van der Waals surface area (Å²) in [5, 5.41) is 4.24. The molecule has 0 radical (unpaired) electrons. The average molecular weight is 353 g/mol. The molecule has 0 unspecified atom stereocenters. The van der Waals surface area contributed by atoms with Crippen LogP contribution in [0.5, 0.6) is 0 Å². The van der Waals surface area contributed by atoms with E-state index in [2.05, 4.69) is 27.0 Å². The second-order valence-corrected chi connectivity index (χ2v) is 7.85. The van der Waals surface area contributed by atoms with Crippen molar-refractivity contribution < 1.29 is 9.53 Å². The number of nitrogens with zero attached hydrogens (tertiary/aromatic N) is 3. The Morgan fingerprint density at radius 1 is 1.42 bits per heavy atom. The third-order valence-electron chi connectivity index (χ3n) is 4.77. The number of ether oxygens (including phenoxy) is 1. The molecule has 1 amide bonds. The summed E-state index contributed by atoms with van der Waals surface area (Å²) in [7, 11) is 0. The third kappa shape index (κ3) is 4.46. The monoisotopic (exact) mass is 352 g/mol. The number of anilines is 1. The van der Waals surface area contributed by atoms with Crippen molar-refractivity contribution in [2.75, 3.05) is 44.3 Å². The van der Waals surface area contributed by atoms with Crippen LogP contribution in [0.4, 0.5) is 5.13 Å². The molecule has 2 aliphatic heterocycles. The van der Waals surface area contributed by atoms with E-state index < -0.39 is 0 Å². The average Bonchev–Trinajstić information content (AvgIpc) is 3.16. The summed E-state index contributed by atoms with van der Waals surface area (Å²) in [5.41, 5.74) is 0. The summed E-state index contributed by atoms with van der Waals surface area (Å²) >= 11 is 1.79. The van der Waals surface area contributed by atoms with Crippen molar-refractivity contribution in [1.29, 1.82) is 0 Å². The van der Waals surface area contributed by atoms with Gasteiger partial charge in [0.25, 0.3) is 0 Å². The van der Waals surface area contributed by atoms with Gasteiger partial charge in [-0.3, -0.25) is 9.69 Å². The number of morpholine rings is 1. The Morgan fingerprint density at radius 3 is 2.92 bits per heavy atom. The van der Waals surface area contributed by atoms with Crippen molar-refractivity contribution in [3.63, 3.8) is 0 Å². The number of aromatic nitrogens is 1. The Labute approximate surface area is 148 Å². The van der Waals surface area contributed by atoms with E-state index in [-0.39, 0.29) is 11.9 Å². The Kier molecular flexibility index (Phi) is 6.08. The fraction of sp³-hybridized carbons (Fsp3) is 0.765. The van der Waals surface area contributed by atoms with Gasteiger partial charge < -0.3 is 15.0 Å². The van der Waals surface area contributed by atoms with Gasteiger partial charge in [-0.1, -0.05) is 13.3 Å². The molecule has 134 valence electrons. The maximum absolute atomic E-state index is 11.4. The molecule has 1 aromatic rings. The molecule has 6 nitrogen and oxygen atoms in total. The van der Waals surface area contributed by atoms with Crippen molar-refractivity contribution >= 4 is 22.4 Å². The van der Waals surface area contributed by atoms with Gasteiger partial charge in [-0.05, 0) is 12.3 Å². The van der Waals surface area contributed by atoms with Crippen molar-refractivity contribution in [2.24, 2.45) is 5.92 Å². The van der Waals surface area contributed by atoms with Crippen LogP contribution in [-0.4, -0.2) is 61.2 Å². The van der Waals surface area contributed by atoms with Crippen LogP contribution in [0.1, 0.15) is 31.6 Å². The molecule has 0 spiro atoms. The van der Waals surface area contributed by atoms with Crippen molar-refractivity contribution in [1.82, 2.24) is 15.2 Å². The molecule has 7 heteroatoms. The van der Waals surface area contributed by atoms with E-state index in [9.17, 15) is 4.79 Å². The molecule has 2 atom stereocenters. The van der Waals surface area contributed by atoms with Crippen molar-refractivity contribution in [3.05, 3.63) is 11.1 Å². The number of nitrogens with one attached hydrogen (secondary N) is 1. The summed E-state index contributed by atoms with van der Waals surface area (Å²) in [5.74, 6) is 0.640. The van der Waals surface area contributed by atoms with E-state index in [0.29, 0.717) is 5.92 Å². The van der Waals surface area contributed by atoms with Crippen LogP contribution >= 0.6 is 11.3 Å². The first kappa shape index (κ1) is 17.6. The molecule has 1 N–H and O–H groups in total. The van der Waals surface area contributed by atoms with Gasteiger partial charge in [0.1, 0.15) is 0 Å². The second-order valence-electron chi connectivity index (χ2n) is 6.76. The van der Waals surface area contributed by atoms with Crippen LogP contribution in [0.25, 0.3) is 0 Å². The van der Waals surface area contributed by atoms with Crippen LogP contribution in [0, 0.1) is 5.92 Å². The van der Waals surface area contributed by atoms with E-state index >= 15 is 0 Å². The van der Waals surface area contributed by atoms with Gasteiger partial charge in [0.15, 0.2) is 5.13 Å². The van der Waals surface area contributed by atoms with E-state index in [1.54, 1.807) is 18.3 Å². The Balaban J connectivity index is 1.57. The molecule has 2 fully saturated rings. The predicted octanol–water partition coefficient (Wildman–Crippen LogP) is 1.72. The molecular weight excluding hydrogens is 324 g/mol. The van der Waals surface area contributed by atoms with Gasteiger partial charge in [0.2, 0.25) is 5.91 Å². The molecule has 0 saturated carbocycles. The van der Waals surface area contributed by atoms with Gasteiger partial charge in [0, 0.05) is 56.8 Å². The minimum absolute atomic E-state index is 0.0790. The third-order valence-corrected chi connectivity index (χ3v) is 5.81.